The molecule has 1 aliphatic heterocycles. The predicted octanol–water partition coefficient (Wildman–Crippen LogP) is 4.26. The van der Waals surface area contributed by atoms with E-state index in [9.17, 15) is 4.79 Å². The molecule has 0 radical (unpaired) electrons. The van der Waals surface area contributed by atoms with Crippen LogP contribution in [0.5, 0.6) is 5.75 Å². The third-order valence-corrected chi connectivity index (χ3v) is 6.26. The molecule has 172 valence electrons. The molecule has 1 aliphatic rings. The quantitative estimate of drug-likeness (QED) is 0.520. The Bertz CT molecular complexity index is 1140. The van der Waals surface area contributed by atoms with Crippen LogP contribution in [0.4, 0.5) is 5.82 Å². The van der Waals surface area contributed by atoms with Gasteiger partial charge in [-0.1, -0.05) is 36.4 Å². The van der Waals surface area contributed by atoms with E-state index >= 15 is 0 Å². The normalized spacial score (nSPS) is 13.4. The van der Waals surface area contributed by atoms with Crippen molar-refractivity contribution in [1.29, 1.82) is 0 Å². The number of benzene rings is 2. The predicted molar refractivity (Wildman–Crippen MR) is 130 cm³/mol. The van der Waals surface area contributed by atoms with Crippen molar-refractivity contribution in [2.45, 2.75) is 46.2 Å². The minimum atomic E-state index is 0.128. The van der Waals surface area contributed by atoms with Crippen molar-refractivity contribution in [3.63, 3.8) is 0 Å². The van der Waals surface area contributed by atoms with E-state index in [0.717, 1.165) is 47.2 Å². The van der Waals surface area contributed by atoms with E-state index in [-0.39, 0.29) is 5.91 Å². The number of hydrogen-bond acceptors (Lipinski definition) is 5. The van der Waals surface area contributed by atoms with Gasteiger partial charge in [0.05, 0.1) is 13.7 Å². The molecule has 33 heavy (non-hydrogen) atoms. The summed E-state index contributed by atoms with van der Waals surface area (Å²) in [5.41, 5.74) is 5.77. The van der Waals surface area contributed by atoms with Crippen LogP contribution in [0.3, 0.4) is 0 Å². The zero-order valence-corrected chi connectivity index (χ0v) is 20.0. The lowest BCUT2D eigenvalue weighted by Gasteiger charge is -2.30. The number of aryl methyl sites for hydroxylation is 2. The standard InChI is InChI=1S/C27H32N4O2/c1-19-8-5-6-10-22(19)17-30(3)18-25-28-20(2)24-12-13-26(32)31(27(24)29-25)15-14-21-9-7-11-23(16-21)33-4/h5-11,16H,12-15,17-18H2,1-4H3. The van der Waals surface area contributed by atoms with E-state index in [1.54, 1.807) is 7.11 Å². The molecule has 0 saturated heterocycles. The summed E-state index contributed by atoms with van der Waals surface area (Å²) >= 11 is 0. The third-order valence-electron chi connectivity index (χ3n) is 6.26. The first kappa shape index (κ1) is 22.9. The molecule has 0 unspecified atom stereocenters. The van der Waals surface area contributed by atoms with Gasteiger partial charge in [0.25, 0.3) is 0 Å². The number of amides is 1. The largest absolute Gasteiger partial charge is 0.497 e. The van der Waals surface area contributed by atoms with Crippen molar-refractivity contribution in [3.05, 3.63) is 82.3 Å². The number of carbonyl (C=O) groups is 1. The fourth-order valence-electron chi connectivity index (χ4n) is 4.38. The molecule has 2 aromatic carbocycles. The Hall–Kier alpha value is -3.25. The van der Waals surface area contributed by atoms with E-state index in [4.69, 9.17) is 14.7 Å². The summed E-state index contributed by atoms with van der Waals surface area (Å²) in [6.07, 6.45) is 1.95. The number of aromatic nitrogens is 2. The van der Waals surface area contributed by atoms with Crippen LogP contribution < -0.4 is 9.64 Å². The van der Waals surface area contributed by atoms with Crippen molar-refractivity contribution in [2.75, 3.05) is 25.6 Å². The van der Waals surface area contributed by atoms with Crippen molar-refractivity contribution in [3.8, 4) is 5.75 Å². The maximum absolute atomic E-state index is 12.9. The average molecular weight is 445 g/mol. The number of rotatable bonds is 8. The van der Waals surface area contributed by atoms with E-state index < -0.39 is 0 Å². The Balaban J connectivity index is 1.53. The number of hydrogen-bond donors (Lipinski definition) is 0. The summed E-state index contributed by atoms with van der Waals surface area (Å²) in [7, 11) is 3.75. The highest BCUT2D eigenvalue weighted by Crippen LogP contribution is 2.28. The molecule has 0 bridgehead atoms. The van der Waals surface area contributed by atoms with Gasteiger partial charge in [-0.25, -0.2) is 9.97 Å². The van der Waals surface area contributed by atoms with Gasteiger partial charge in [0, 0.05) is 30.8 Å². The third kappa shape index (κ3) is 5.40. The molecule has 1 aromatic heterocycles. The van der Waals surface area contributed by atoms with E-state index in [0.29, 0.717) is 25.9 Å². The lowest BCUT2D eigenvalue weighted by atomic mass is 10.0. The molecule has 0 fully saturated rings. The molecule has 0 atom stereocenters. The van der Waals surface area contributed by atoms with Gasteiger partial charge < -0.3 is 4.74 Å². The van der Waals surface area contributed by atoms with Crippen LogP contribution in [0.25, 0.3) is 0 Å². The summed E-state index contributed by atoms with van der Waals surface area (Å²) in [5, 5.41) is 0. The molecule has 0 aliphatic carbocycles. The van der Waals surface area contributed by atoms with Crippen LogP contribution in [0.1, 0.15) is 40.2 Å². The van der Waals surface area contributed by atoms with Crippen molar-refractivity contribution in [1.82, 2.24) is 14.9 Å². The second-order valence-electron chi connectivity index (χ2n) is 8.77. The van der Waals surface area contributed by atoms with Crippen molar-refractivity contribution < 1.29 is 9.53 Å². The zero-order chi connectivity index (χ0) is 23.4. The Morgan fingerprint density at radius 1 is 1.03 bits per heavy atom. The first-order chi connectivity index (χ1) is 15.9. The first-order valence-electron chi connectivity index (χ1n) is 11.5. The fourth-order valence-corrected chi connectivity index (χ4v) is 4.38. The van der Waals surface area contributed by atoms with Gasteiger partial charge in [0.2, 0.25) is 5.91 Å². The van der Waals surface area contributed by atoms with E-state index in [1.165, 1.54) is 11.1 Å². The highest BCUT2D eigenvalue weighted by molar-refractivity contribution is 5.95. The van der Waals surface area contributed by atoms with Crippen LogP contribution >= 0.6 is 0 Å². The minimum Gasteiger partial charge on any atom is -0.497 e. The molecule has 0 N–H and O–H groups in total. The van der Waals surface area contributed by atoms with Gasteiger partial charge in [0.15, 0.2) is 0 Å². The van der Waals surface area contributed by atoms with Crippen LogP contribution in [-0.4, -0.2) is 41.5 Å². The zero-order valence-electron chi connectivity index (χ0n) is 20.0. The molecule has 1 amide bonds. The van der Waals surface area contributed by atoms with Gasteiger partial charge in [-0.3, -0.25) is 14.6 Å². The number of ether oxygens (including phenoxy) is 1. The Morgan fingerprint density at radius 2 is 1.85 bits per heavy atom. The summed E-state index contributed by atoms with van der Waals surface area (Å²) in [6.45, 7) is 6.20. The second-order valence-corrected chi connectivity index (χ2v) is 8.77. The molecule has 0 spiro atoms. The van der Waals surface area contributed by atoms with Gasteiger partial charge in [-0.15, -0.1) is 0 Å². The Labute approximate surface area is 196 Å². The molecule has 3 aromatic rings. The number of anilines is 1. The minimum absolute atomic E-state index is 0.128. The molecular weight excluding hydrogens is 412 g/mol. The number of carbonyl (C=O) groups excluding carboxylic acids is 1. The van der Waals surface area contributed by atoms with Gasteiger partial charge in [-0.05, 0) is 62.6 Å². The van der Waals surface area contributed by atoms with Crippen LogP contribution in [0, 0.1) is 13.8 Å². The SMILES string of the molecule is COc1cccc(CCN2C(=O)CCc3c(C)nc(CN(C)Cc4ccccc4C)nc32)c1. The Kier molecular flexibility index (Phi) is 7.04. The van der Waals surface area contributed by atoms with Gasteiger partial charge in [-0.2, -0.15) is 0 Å². The van der Waals surface area contributed by atoms with Crippen LogP contribution in [0.15, 0.2) is 48.5 Å². The second kappa shape index (κ2) is 10.1. The van der Waals surface area contributed by atoms with Crippen molar-refractivity contribution >= 4 is 11.7 Å². The summed E-state index contributed by atoms with van der Waals surface area (Å²) < 4.78 is 5.34. The number of methoxy groups -OCH3 is 1. The summed E-state index contributed by atoms with van der Waals surface area (Å²) in [4.78, 5) is 26.6. The van der Waals surface area contributed by atoms with Gasteiger partial charge >= 0.3 is 0 Å². The summed E-state index contributed by atoms with van der Waals surface area (Å²) in [5.74, 6) is 2.49. The maximum atomic E-state index is 12.9. The smallest absolute Gasteiger partial charge is 0.228 e. The van der Waals surface area contributed by atoms with E-state index in [1.807, 2.05) is 30.0 Å². The molecule has 2 heterocycles. The fraction of sp³-hybridized carbons (Fsp3) is 0.370. The highest BCUT2D eigenvalue weighted by atomic mass is 16.5. The molecule has 4 rings (SSSR count). The van der Waals surface area contributed by atoms with Crippen molar-refractivity contribution in [2.24, 2.45) is 0 Å². The first-order valence-corrected chi connectivity index (χ1v) is 11.5. The molecule has 6 nitrogen and oxygen atoms in total. The Morgan fingerprint density at radius 3 is 2.64 bits per heavy atom. The number of nitrogens with zero attached hydrogens (tertiary/aromatic N) is 4. The molecule has 0 saturated carbocycles. The van der Waals surface area contributed by atoms with Crippen LogP contribution in [0.2, 0.25) is 0 Å². The monoisotopic (exact) mass is 444 g/mol. The molecular formula is C27H32N4O2. The lowest BCUT2D eigenvalue weighted by molar-refractivity contribution is -0.118. The lowest BCUT2D eigenvalue weighted by Crippen LogP contribution is -2.38. The number of fused-ring (bicyclic) bond motifs is 1. The highest BCUT2D eigenvalue weighted by Gasteiger charge is 2.28. The van der Waals surface area contributed by atoms with E-state index in [2.05, 4.69) is 49.2 Å². The molecule has 6 heteroatoms. The average Bonchev–Trinajstić information content (AvgIpc) is 2.80. The topological polar surface area (TPSA) is 58.6 Å². The summed E-state index contributed by atoms with van der Waals surface area (Å²) in [6, 6.07) is 16.4. The maximum Gasteiger partial charge on any atom is 0.228 e. The van der Waals surface area contributed by atoms with Gasteiger partial charge in [0.1, 0.15) is 17.4 Å². The van der Waals surface area contributed by atoms with Crippen LogP contribution in [-0.2, 0) is 30.7 Å².